The Morgan fingerprint density at radius 3 is 1.62 bits per heavy atom. The van der Waals surface area contributed by atoms with E-state index in [1.165, 1.54) is 61.6 Å². The summed E-state index contributed by atoms with van der Waals surface area (Å²) in [5.41, 5.74) is 7.20. The Labute approximate surface area is 352 Å². The van der Waals surface area contributed by atoms with E-state index in [1.54, 1.807) is 29.3 Å². The summed E-state index contributed by atoms with van der Waals surface area (Å²) in [6.07, 6.45) is 13.2. The predicted octanol–water partition coefficient (Wildman–Crippen LogP) is 8.17. The molecule has 3 N–H and O–H groups in total. The number of H-pyrrole nitrogens is 1. The smallest absolute Gasteiger partial charge is 0.229 e. The van der Waals surface area contributed by atoms with E-state index in [0.717, 1.165) is 40.2 Å². The van der Waals surface area contributed by atoms with Gasteiger partial charge in [0.2, 0.25) is 11.9 Å². The number of aryl methyl sites for hydroxylation is 4. The van der Waals surface area contributed by atoms with Crippen LogP contribution in [0.4, 0.5) is 32.1 Å². The van der Waals surface area contributed by atoms with Gasteiger partial charge in [-0.3, -0.25) is 5.10 Å². The van der Waals surface area contributed by atoms with Crippen LogP contribution in [0.3, 0.4) is 0 Å². The van der Waals surface area contributed by atoms with Crippen molar-refractivity contribution in [2.75, 3.05) is 16.9 Å². The summed E-state index contributed by atoms with van der Waals surface area (Å²) in [5.74, 6) is -0.124. The normalized spacial score (nSPS) is 10.9. The minimum Gasteiger partial charge on any atom is -0.324 e. The number of rotatable bonds is 8. The molecule has 306 valence electrons. The summed E-state index contributed by atoms with van der Waals surface area (Å²) in [6, 6.07) is 12.2. The SMILES string of the molecule is CS(=O)(=O)c1nc(Nc2ccc(F)c(Cl)c2)ncc1-c1cncnc1.Cc1cc(C)[nH]n1.Cc1cc(C)n(-c2nc(Nc3ccc(F)c(Cl)c3)ncc2-c2cncnc2)n1. The van der Waals surface area contributed by atoms with Crippen LogP contribution in [0.2, 0.25) is 10.0 Å². The summed E-state index contributed by atoms with van der Waals surface area (Å²) < 4.78 is 52.6. The zero-order valence-electron chi connectivity index (χ0n) is 32.4. The number of nitrogens with zero attached hydrogens (tertiary/aromatic N) is 11. The molecule has 8 aromatic rings. The number of benzene rings is 2. The molecule has 0 fully saturated rings. The van der Waals surface area contributed by atoms with Gasteiger partial charge in [0.15, 0.2) is 20.7 Å². The minimum absolute atomic E-state index is 0.0156. The molecule has 0 spiro atoms. The summed E-state index contributed by atoms with van der Waals surface area (Å²) >= 11 is 11.6. The van der Waals surface area contributed by atoms with E-state index < -0.39 is 21.5 Å². The molecule has 0 saturated heterocycles. The quantitative estimate of drug-likeness (QED) is 0.123. The molecule has 0 aliphatic carbocycles. The van der Waals surface area contributed by atoms with Gasteiger partial charge in [0.25, 0.3) is 0 Å². The second-order valence-corrected chi connectivity index (χ2v) is 15.7. The molecular weight excluding hydrogens is 837 g/mol. The minimum atomic E-state index is -3.64. The Balaban J connectivity index is 0.000000174. The van der Waals surface area contributed by atoms with Crippen molar-refractivity contribution < 1.29 is 17.2 Å². The molecule has 0 amide bonds. The average molecular weight is 872 g/mol. The fourth-order valence-electron chi connectivity index (χ4n) is 5.39. The van der Waals surface area contributed by atoms with Crippen LogP contribution >= 0.6 is 23.2 Å². The number of sulfone groups is 1. The van der Waals surface area contributed by atoms with Crippen molar-refractivity contribution in [3.63, 3.8) is 0 Å². The monoisotopic (exact) mass is 870 g/mol. The average Bonchev–Trinajstić information content (AvgIpc) is 3.79. The first-order valence-electron chi connectivity index (χ1n) is 17.6. The van der Waals surface area contributed by atoms with Gasteiger partial charge >= 0.3 is 0 Å². The molecule has 0 bridgehead atoms. The first kappa shape index (κ1) is 42.8. The lowest BCUT2D eigenvalue weighted by Crippen LogP contribution is -2.08. The van der Waals surface area contributed by atoms with Crippen LogP contribution in [-0.2, 0) is 9.84 Å². The van der Waals surface area contributed by atoms with Gasteiger partial charge in [0, 0.05) is 88.5 Å². The van der Waals surface area contributed by atoms with Gasteiger partial charge in [0.1, 0.15) is 24.3 Å². The number of anilines is 4. The van der Waals surface area contributed by atoms with Crippen LogP contribution in [0.1, 0.15) is 22.8 Å². The van der Waals surface area contributed by atoms with Gasteiger partial charge < -0.3 is 10.6 Å². The van der Waals surface area contributed by atoms with Crippen molar-refractivity contribution in [1.82, 2.24) is 59.8 Å². The maximum Gasteiger partial charge on any atom is 0.229 e. The molecule has 6 heterocycles. The molecule has 60 heavy (non-hydrogen) atoms. The number of hydrogen-bond donors (Lipinski definition) is 3. The third kappa shape index (κ3) is 11.0. The zero-order valence-corrected chi connectivity index (χ0v) is 34.7. The van der Waals surface area contributed by atoms with Crippen molar-refractivity contribution in [1.29, 1.82) is 0 Å². The van der Waals surface area contributed by atoms with Crippen molar-refractivity contribution >= 4 is 56.3 Å². The standard InChI is InChI=1S/C19H15ClFN7.C15H11ClFN5O2S.C5H8N2/c1-11-5-12(2)28(27-11)18-15(13-7-22-10-23-8-13)9-24-19(26-18)25-14-3-4-17(21)16(20)6-14;1-25(23,24)14-11(9-5-18-8-19-6-9)7-20-15(22-14)21-10-2-3-13(17)12(16)4-10;1-4-3-5(2)7-6-4/h3-10H,1-2H3,(H,24,25,26);2-8H,1H3,(H,20,21,22);3H,1-2H3,(H,6,7). The maximum absolute atomic E-state index is 13.4. The van der Waals surface area contributed by atoms with E-state index >= 15 is 0 Å². The molecule has 0 unspecified atom stereocenters. The third-order valence-corrected chi connectivity index (χ3v) is 9.61. The van der Waals surface area contributed by atoms with Crippen molar-refractivity contribution in [3.05, 3.63) is 143 Å². The fourth-order valence-corrected chi connectivity index (χ4v) is 6.57. The van der Waals surface area contributed by atoms with Gasteiger partial charge in [-0.25, -0.2) is 56.8 Å². The first-order chi connectivity index (χ1) is 28.6. The Hall–Kier alpha value is -6.83. The molecule has 16 nitrogen and oxygen atoms in total. The highest BCUT2D eigenvalue weighted by Crippen LogP contribution is 2.29. The number of aromatic amines is 1. The van der Waals surface area contributed by atoms with Crippen molar-refractivity contribution in [3.8, 4) is 28.1 Å². The Morgan fingerprint density at radius 1 is 0.667 bits per heavy atom. The molecule has 2 aromatic carbocycles. The van der Waals surface area contributed by atoms with E-state index in [2.05, 4.69) is 65.8 Å². The molecule has 8 rings (SSSR count). The summed E-state index contributed by atoms with van der Waals surface area (Å²) in [6.45, 7) is 7.80. The molecule has 0 radical (unpaired) electrons. The highest BCUT2D eigenvalue weighted by molar-refractivity contribution is 7.90. The van der Waals surface area contributed by atoms with E-state index in [1.807, 2.05) is 39.8 Å². The molecule has 21 heteroatoms. The summed E-state index contributed by atoms with van der Waals surface area (Å²) in [4.78, 5) is 33.0. The molecular formula is C39H34Cl2F2N14O2S. The Bertz CT molecular complexity index is 2850. The Morgan fingerprint density at radius 2 is 1.18 bits per heavy atom. The highest BCUT2D eigenvalue weighted by atomic mass is 35.5. The predicted molar refractivity (Wildman–Crippen MR) is 223 cm³/mol. The third-order valence-electron chi connectivity index (χ3n) is 8.01. The number of aromatic nitrogens is 12. The summed E-state index contributed by atoms with van der Waals surface area (Å²) in [7, 11) is -3.64. The van der Waals surface area contributed by atoms with Crippen LogP contribution in [-0.4, -0.2) is 74.5 Å². The van der Waals surface area contributed by atoms with Crippen LogP contribution in [0.15, 0.2) is 103 Å². The lowest BCUT2D eigenvalue weighted by Gasteiger charge is -2.12. The van der Waals surface area contributed by atoms with Gasteiger partial charge in [-0.1, -0.05) is 23.2 Å². The second kappa shape index (κ2) is 18.8. The Kier molecular flexibility index (Phi) is 13.4. The van der Waals surface area contributed by atoms with E-state index in [-0.39, 0.29) is 26.6 Å². The first-order valence-corrected chi connectivity index (χ1v) is 20.2. The lowest BCUT2D eigenvalue weighted by atomic mass is 10.1. The number of nitrogens with one attached hydrogen (secondary N) is 3. The maximum atomic E-state index is 13.4. The van der Waals surface area contributed by atoms with Crippen LogP contribution in [0.5, 0.6) is 0 Å². The topological polar surface area (TPSA) is 208 Å². The molecule has 0 atom stereocenters. The van der Waals surface area contributed by atoms with Gasteiger partial charge in [-0.05, 0) is 76.2 Å². The van der Waals surface area contributed by atoms with Crippen molar-refractivity contribution in [2.45, 2.75) is 32.7 Å². The van der Waals surface area contributed by atoms with Crippen LogP contribution in [0.25, 0.3) is 28.1 Å². The zero-order chi connectivity index (χ0) is 43.0. The van der Waals surface area contributed by atoms with Crippen LogP contribution < -0.4 is 10.6 Å². The largest absolute Gasteiger partial charge is 0.324 e. The van der Waals surface area contributed by atoms with E-state index in [0.29, 0.717) is 28.7 Å². The highest BCUT2D eigenvalue weighted by Gasteiger charge is 2.20. The molecule has 0 aliphatic heterocycles. The van der Waals surface area contributed by atoms with E-state index in [9.17, 15) is 17.2 Å². The van der Waals surface area contributed by atoms with Gasteiger partial charge in [0.05, 0.1) is 21.4 Å². The van der Waals surface area contributed by atoms with Crippen molar-refractivity contribution in [2.24, 2.45) is 0 Å². The molecule has 0 aliphatic rings. The van der Waals surface area contributed by atoms with E-state index in [4.69, 9.17) is 23.2 Å². The fraction of sp³-hybridized carbons (Fsp3) is 0.128. The molecule has 0 saturated carbocycles. The molecule has 6 aromatic heterocycles. The summed E-state index contributed by atoms with van der Waals surface area (Å²) in [5, 5.41) is 16.8. The van der Waals surface area contributed by atoms with Crippen LogP contribution in [0, 0.1) is 39.3 Å². The van der Waals surface area contributed by atoms with Gasteiger partial charge in [-0.15, -0.1) is 0 Å². The van der Waals surface area contributed by atoms with Gasteiger partial charge in [-0.2, -0.15) is 15.2 Å². The number of hydrogen-bond acceptors (Lipinski definition) is 14. The lowest BCUT2D eigenvalue weighted by molar-refractivity contribution is 0.598. The number of halogens is 4. The second-order valence-electron chi connectivity index (χ2n) is 12.9.